The van der Waals surface area contributed by atoms with E-state index >= 15 is 0 Å². The van der Waals surface area contributed by atoms with Crippen molar-refractivity contribution in [3.8, 4) is 11.3 Å². The molecule has 0 saturated carbocycles. The van der Waals surface area contributed by atoms with Crippen molar-refractivity contribution in [2.45, 2.75) is 25.3 Å². The molecule has 1 amide bonds. The van der Waals surface area contributed by atoms with Crippen LogP contribution in [-0.4, -0.2) is 42.1 Å². The van der Waals surface area contributed by atoms with Crippen LogP contribution in [0.4, 0.5) is 10.1 Å². The Hall–Kier alpha value is -2.99. The Kier molecular flexibility index (Phi) is 5.71. The van der Waals surface area contributed by atoms with Crippen molar-refractivity contribution in [3.05, 3.63) is 72.2 Å². The highest BCUT2D eigenvalue weighted by atomic mass is 19.1. The number of halogens is 1. The minimum Gasteiger partial charge on any atom is -0.361 e. The molecule has 1 fully saturated rings. The first-order valence-corrected chi connectivity index (χ1v) is 9.90. The van der Waals surface area contributed by atoms with Gasteiger partial charge in [0, 0.05) is 24.6 Å². The van der Waals surface area contributed by atoms with E-state index in [1.807, 2.05) is 43.4 Å². The predicted octanol–water partition coefficient (Wildman–Crippen LogP) is 4.15. The molecule has 0 radical (unpaired) electrons. The Morgan fingerprint density at radius 2 is 1.93 bits per heavy atom. The molecule has 1 unspecified atom stereocenters. The van der Waals surface area contributed by atoms with Crippen LogP contribution in [0.5, 0.6) is 0 Å². The lowest BCUT2D eigenvalue weighted by molar-refractivity contribution is -0.121. The van der Waals surface area contributed by atoms with Crippen molar-refractivity contribution in [1.29, 1.82) is 0 Å². The summed E-state index contributed by atoms with van der Waals surface area (Å²) in [6.45, 7) is 1.29. The van der Waals surface area contributed by atoms with Crippen molar-refractivity contribution >= 4 is 11.6 Å². The Morgan fingerprint density at radius 3 is 2.72 bits per heavy atom. The number of carbonyl (C=O) groups excluding carboxylic acids is 1. The first-order chi connectivity index (χ1) is 14.1. The number of carbonyl (C=O) groups is 1. The molecule has 2 aromatic carbocycles. The average Bonchev–Trinajstić information content (AvgIpc) is 3.36. The number of aromatic nitrogens is 1. The van der Waals surface area contributed by atoms with Gasteiger partial charge in [0.25, 0.3) is 0 Å². The Morgan fingerprint density at radius 1 is 1.17 bits per heavy atom. The van der Waals surface area contributed by atoms with Crippen molar-refractivity contribution in [3.63, 3.8) is 0 Å². The second-order valence-corrected chi connectivity index (χ2v) is 7.37. The van der Waals surface area contributed by atoms with Gasteiger partial charge in [0.05, 0.1) is 11.7 Å². The van der Waals surface area contributed by atoms with E-state index < -0.39 is 0 Å². The number of hydrogen-bond donors (Lipinski definition) is 0. The van der Waals surface area contributed by atoms with Crippen LogP contribution in [0.2, 0.25) is 0 Å². The number of rotatable bonds is 7. The van der Waals surface area contributed by atoms with Gasteiger partial charge in [-0.1, -0.05) is 47.6 Å². The quantitative estimate of drug-likeness (QED) is 0.605. The van der Waals surface area contributed by atoms with Crippen molar-refractivity contribution in [2.24, 2.45) is 0 Å². The van der Waals surface area contributed by atoms with E-state index in [9.17, 15) is 9.18 Å². The standard InChI is InChI=1S/C23H24FN3O2/c1-26(22-13-15-27(23(22)28)21-12-6-5-11-19(21)24)14-7-10-18-16-20(25-29-18)17-8-3-2-4-9-17/h2-6,8-9,11-12,16,22H,7,10,13-15H2,1H3. The molecule has 1 aromatic heterocycles. The summed E-state index contributed by atoms with van der Waals surface area (Å²) in [7, 11) is 1.95. The number of hydrogen-bond acceptors (Lipinski definition) is 4. The zero-order valence-corrected chi connectivity index (χ0v) is 16.4. The lowest BCUT2D eigenvalue weighted by Crippen LogP contribution is -2.40. The van der Waals surface area contributed by atoms with Crippen LogP contribution in [0.3, 0.4) is 0 Å². The second kappa shape index (κ2) is 8.57. The monoisotopic (exact) mass is 393 g/mol. The summed E-state index contributed by atoms with van der Waals surface area (Å²) in [6.07, 6.45) is 2.30. The van der Waals surface area contributed by atoms with E-state index in [-0.39, 0.29) is 17.8 Å². The van der Waals surface area contributed by atoms with E-state index in [0.717, 1.165) is 36.4 Å². The molecule has 1 atom stereocenters. The first-order valence-electron chi connectivity index (χ1n) is 9.90. The van der Waals surface area contributed by atoms with Gasteiger partial charge in [-0.15, -0.1) is 0 Å². The smallest absolute Gasteiger partial charge is 0.244 e. The Labute approximate surface area is 169 Å². The van der Waals surface area contributed by atoms with E-state index in [0.29, 0.717) is 18.7 Å². The highest BCUT2D eigenvalue weighted by molar-refractivity contribution is 5.99. The van der Waals surface area contributed by atoms with Crippen LogP contribution in [0.15, 0.2) is 65.2 Å². The normalized spacial score (nSPS) is 16.7. The van der Waals surface area contributed by atoms with Gasteiger partial charge in [-0.2, -0.15) is 0 Å². The van der Waals surface area contributed by atoms with Crippen LogP contribution in [0, 0.1) is 5.82 Å². The second-order valence-electron chi connectivity index (χ2n) is 7.37. The molecular formula is C23H24FN3O2. The highest BCUT2D eigenvalue weighted by Gasteiger charge is 2.35. The van der Waals surface area contributed by atoms with E-state index in [1.165, 1.54) is 6.07 Å². The van der Waals surface area contributed by atoms with Gasteiger partial charge in [0.15, 0.2) is 0 Å². The van der Waals surface area contributed by atoms with Gasteiger partial charge in [-0.25, -0.2) is 4.39 Å². The van der Waals surface area contributed by atoms with E-state index in [2.05, 4.69) is 10.1 Å². The summed E-state index contributed by atoms with van der Waals surface area (Å²) in [5.41, 5.74) is 2.23. The maximum Gasteiger partial charge on any atom is 0.244 e. The predicted molar refractivity (Wildman–Crippen MR) is 110 cm³/mol. The molecule has 1 saturated heterocycles. The molecule has 3 aromatic rings. The van der Waals surface area contributed by atoms with Crippen molar-refractivity contribution in [1.82, 2.24) is 10.1 Å². The molecule has 0 spiro atoms. The largest absolute Gasteiger partial charge is 0.361 e. The number of nitrogens with zero attached hydrogens (tertiary/aromatic N) is 3. The zero-order chi connectivity index (χ0) is 20.2. The minimum absolute atomic E-state index is 0.0383. The molecule has 4 rings (SSSR count). The van der Waals surface area contributed by atoms with Crippen LogP contribution >= 0.6 is 0 Å². The molecule has 1 aliphatic heterocycles. The molecule has 1 aliphatic rings. The Balaban J connectivity index is 1.30. The van der Waals surface area contributed by atoms with E-state index in [4.69, 9.17) is 4.52 Å². The summed E-state index contributed by atoms with van der Waals surface area (Å²) >= 11 is 0. The molecule has 0 bridgehead atoms. The molecule has 0 N–H and O–H groups in total. The lowest BCUT2D eigenvalue weighted by Gasteiger charge is -2.23. The van der Waals surface area contributed by atoms with Gasteiger partial charge in [0.1, 0.15) is 17.3 Å². The molecule has 2 heterocycles. The number of benzene rings is 2. The molecule has 150 valence electrons. The van der Waals surface area contributed by atoms with Crippen LogP contribution in [0.1, 0.15) is 18.6 Å². The SMILES string of the molecule is CN(CCCc1cc(-c2ccccc2)no1)C1CCN(c2ccccc2F)C1=O. The molecule has 29 heavy (non-hydrogen) atoms. The van der Waals surface area contributed by atoms with Gasteiger partial charge < -0.3 is 9.42 Å². The summed E-state index contributed by atoms with van der Waals surface area (Å²) in [5.74, 6) is 0.440. The van der Waals surface area contributed by atoms with Gasteiger partial charge in [-0.05, 0) is 38.6 Å². The van der Waals surface area contributed by atoms with Crippen molar-refractivity contribution < 1.29 is 13.7 Å². The topological polar surface area (TPSA) is 49.6 Å². The van der Waals surface area contributed by atoms with Gasteiger partial charge in [0.2, 0.25) is 5.91 Å². The number of para-hydroxylation sites is 1. The fourth-order valence-corrected chi connectivity index (χ4v) is 3.82. The third-order valence-corrected chi connectivity index (χ3v) is 5.42. The summed E-state index contributed by atoms with van der Waals surface area (Å²) in [5, 5.41) is 4.14. The number of anilines is 1. The van der Waals surface area contributed by atoms with Crippen LogP contribution < -0.4 is 4.90 Å². The molecule has 5 nitrogen and oxygen atoms in total. The zero-order valence-electron chi connectivity index (χ0n) is 16.4. The maximum atomic E-state index is 14.0. The third-order valence-electron chi connectivity index (χ3n) is 5.42. The Bertz CT molecular complexity index is 973. The van der Waals surface area contributed by atoms with Crippen molar-refractivity contribution in [2.75, 3.05) is 25.0 Å². The number of amides is 1. The fraction of sp³-hybridized carbons (Fsp3) is 0.304. The average molecular weight is 393 g/mol. The summed E-state index contributed by atoms with van der Waals surface area (Å²) < 4.78 is 19.5. The number of likely N-dealkylation sites (N-methyl/N-ethyl adjacent to an activating group) is 1. The highest BCUT2D eigenvalue weighted by Crippen LogP contribution is 2.26. The summed E-state index contributed by atoms with van der Waals surface area (Å²) in [4.78, 5) is 16.4. The first kappa shape index (κ1) is 19.3. The lowest BCUT2D eigenvalue weighted by atomic mass is 10.1. The molecule has 6 heteroatoms. The fourth-order valence-electron chi connectivity index (χ4n) is 3.82. The third kappa shape index (κ3) is 4.22. The number of aryl methyl sites for hydroxylation is 1. The molecular weight excluding hydrogens is 369 g/mol. The van der Waals surface area contributed by atoms with Gasteiger partial charge in [-0.3, -0.25) is 9.69 Å². The molecule has 0 aliphatic carbocycles. The maximum absolute atomic E-state index is 14.0. The summed E-state index contributed by atoms with van der Waals surface area (Å²) in [6, 6.07) is 18.1. The minimum atomic E-state index is -0.358. The van der Waals surface area contributed by atoms with Crippen LogP contribution in [-0.2, 0) is 11.2 Å². The van der Waals surface area contributed by atoms with E-state index in [1.54, 1.807) is 23.1 Å². The van der Waals surface area contributed by atoms with Crippen LogP contribution in [0.25, 0.3) is 11.3 Å². The van der Waals surface area contributed by atoms with Gasteiger partial charge >= 0.3 is 0 Å².